The average molecular weight is 627 g/mol. The fourth-order valence-corrected chi connectivity index (χ4v) is 6.13. The summed E-state index contributed by atoms with van der Waals surface area (Å²) in [5.74, 6) is -1.35. The first-order chi connectivity index (χ1) is 21.7. The number of aromatic amines is 1. The molecule has 1 aliphatic heterocycles. The number of phenols is 1. The van der Waals surface area contributed by atoms with Gasteiger partial charge in [0.15, 0.2) is 0 Å². The summed E-state index contributed by atoms with van der Waals surface area (Å²) in [6.45, 7) is 0.570. The van der Waals surface area contributed by atoms with Crippen LogP contribution in [0.2, 0.25) is 0 Å². The molecular formula is C34H38N6O4S. The summed E-state index contributed by atoms with van der Waals surface area (Å²) in [4.78, 5) is 45.5. The molecule has 0 bridgehead atoms. The molecule has 10 nitrogen and oxygen atoms in total. The van der Waals surface area contributed by atoms with Gasteiger partial charge in [0.2, 0.25) is 17.7 Å². The number of H-pyrrole nitrogens is 1. The number of nitrogens with two attached hydrogens (primary N) is 2. The molecule has 1 aliphatic rings. The maximum Gasteiger partial charge on any atom is 0.243 e. The Morgan fingerprint density at radius 3 is 2.33 bits per heavy atom. The second-order valence-corrected chi connectivity index (χ2v) is 11.9. The monoisotopic (exact) mass is 626 g/mol. The number of nitrogens with one attached hydrogen (secondary N) is 3. The molecule has 45 heavy (non-hydrogen) atoms. The summed E-state index contributed by atoms with van der Waals surface area (Å²) in [5, 5.41) is 16.3. The highest BCUT2D eigenvalue weighted by molar-refractivity contribution is 7.80. The van der Waals surface area contributed by atoms with Crippen molar-refractivity contribution in [2.75, 3.05) is 6.54 Å². The quantitative estimate of drug-likeness (QED) is 0.131. The molecule has 0 unspecified atom stereocenters. The van der Waals surface area contributed by atoms with E-state index in [0.29, 0.717) is 24.4 Å². The molecule has 0 radical (unpaired) electrons. The molecule has 11 heteroatoms. The van der Waals surface area contributed by atoms with Gasteiger partial charge in [-0.05, 0) is 54.2 Å². The van der Waals surface area contributed by atoms with E-state index in [4.69, 9.17) is 23.7 Å². The Morgan fingerprint density at radius 2 is 1.60 bits per heavy atom. The number of nitrogens with zero attached hydrogens (tertiary/aromatic N) is 1. The van der Waals surface area contributed by atoms with Crippen molar-refractivity contribution in [3.05, 3.63) is 102 Å². The van der Waals surface area contributed by atoms with E-state index in [1.54, 1.807) is 24.3 Å². The minimum atomic E-state index is -0.990. The van der Waals surface area contributed by atoms with Gasteiger partial charge in [-0.1, -0.05) is 72.9 Å². The highest BCUT2D eigenvalue weighted by atomic mass is 32.1. The first-order valence-corrected chi connectivity index (χ1v) is 15.4. The van der Waals surface area contributed by atoms with Gasteiger partial charge in [0.1, 0.15) is 23.9 Å². The van der Waals surface area contributed by atoms with Crippen molar-refractivity contribution in [3.8, 4) is 5.75 Å². The molecule has 8 N–H and O–H groups in total. The van der Waals surface area contributed by atoms with Crippen molar-refractivity contribution in [1.82, 2.24) is 20.5 Å². The van der Waals surface area contributed by atoms with E-state index in [2.05, 4.69) is 15.6 Å². The number of fused-ring (bicyclic) bond motifs is 1. The molecule has 1 fully saturated rings. The zero-order valence-corrected chi connectivity index (χ0v) is 25.6. The van der Waals surface area contributed by atoms with Crippen LogP contribution in [0.5, 0.6) is 5.75 Å². The number of hydrogen-bond acceptors (Lipinski definition) is 6. The highest BCUT2D eigenvalue weighted by Gasteiger charge is 2.36. The Kier molecular flexibility index (Phi) is 10.1. The van der Waals surface area contributed by atoms with E-state index in [-0.39, 0.29) is 24.5 Å². The standard InChI is InChI=1S/C34H38N6O4S/c35-26(17-22-12-14-24(41)15-13-22)34(45)40-16-6-11-30(40)33(44)39-29(19-23-20-37-27-10-5-4-9-25(23)27)32(43)38-28(31(36)42)18-21-7-2-1-3-8-21/h1-5,7-10,12-15,20,26,28-30,37,41H,6,11,16-19,35H2,(H2,36,42)(H,38,43)(H,39,44)/t26-,28-,29-,30-/m0/s1. The molecule has 2 heterocycles. The first-order valence-electron chi connectivity index (χ1n) is 15.0. The lowest BCUT2D eigenvalue weighted by Gasteiger charge is -2.31. The minimum Gasteiger partial charge on any atom is -0.508 e. The zero-order valence-electron chi connectivity index (χ0n) is 24.8. The summed E-state index contributed by atoms with van der Waals surface area (Å²) in [6.07, 6.45) is 3.98. The lowest BCUT2D eigenvalue weighted by Crippen LogP contribution is -2.57. The summed E-state index contributed by atoms with van der Waals surface area (Å²) in [6, 6.07) is 20.7. The molecular weight excluding hydrogens is 588 g/mol. The Labute approximate surface area is 267 Å². The number of benzene rings is 3. The number of hydrogen-bond donors (Lipinski definition) is 6. The molecule has 0 aliphatic carbocycles. The number of primary amides is 1. The predicted molar refractivity (Wildman–Crippen MR) is 177 cm³/mol. The third kappa shape index (κ3) is 7.86. The SMILES string of the molecule is NC(=O)[C@H](Cc1ccccc1)NC(=O)[C@H](Cc1c[nH]c2ccccc12)NC(=O)[C@@H]1CCCN1C(=S)[C@@H](N)Cc1ccc(O)cc1. The van der Waals surface area contributed by atoms with Crippen LogP contribution in [0.25, 0.3) is 10.9 Å². The number of likely N-dealkylation sites (tertiary alicyclic amines) is 1. The number of carbonyl (C=O) groups excluding carboxylic acids is 3. The summed E-state index contributed by atoms with van der Waals surface area (Å²) >= 11 is 5.75. The Bertz CT molecular complexity index is 1660. The van der Waals surface area contributed by atoms with Gasteiger partial charge in [-0.2, -0.15) is 0 Å². The van der Waals surface area contributed by atoms with Crippen molar-refractivity contribution in [2.24, 2.45) is 11.5 Å². The molecule has 4 atom stereocenters. The Morgan fingerprint density at radius 1 is 0.911 bits per heavy atom. The van der Waals surface area contributed by atoms with Crippen LogP contribution in [-0.2, 0) is 33.6 Å². The topological polar surface area (TPSA) is 167 Å². The fraction of sp³-hybridized carbons (Fsp3) is 0.294. The van der Waals surface area contributed by atoms with Crippen LogP contribution in [0, 0.1) is 0 Å². The van der Waals surface area contributed by atoms with E-state index >= 15 is 0 Å². The van der Waals surface area contributed by atoms with Gasteiger partial charge in [-0.3, -0.25) is 14.4 Å². The number of amides is 3. The number of aromatic nitrogens is 1. The molecule has 3 amide bonds. The third-order valence-corrected chi connectivity index (χ3v) is 8.76. The predicted octanol–water partition coefficient (Wildman–Crippen LogP) is 2.48. The van der Waals surface area contributed by atoms with E-state index in [0.717, 1.165) is 34.0 Å². The second kappa shape index (κ2) is 14.4. The maximum absolute atomic E-state index is 13.8. The summed E-state index contributed by atoms with van der Waals surface area (Å²) in [7, 11) is 0. The van der Waals surface area contributed by atoms with Gasteiger partial charge < -0.3 is 37.1 Å². The van der Waals surface area contributed by atoms with Crippen LogP contribution >= 0.6 is 12.2 Å². The number of carbonyl (C=O) groups is 3. The molecule has 234 valence electrons. The van der Waals surface area contributed by atoms with Crippen molar-refractivity contribution in [3.63, 3.8) is 0 Å². The van der Waals surface area contributed by atoms with Crippen LogP contribution in [0.3, 0.4) is 0 Å². The van der Waals surface area contributed by atoms with Gasteiger partial charge in [-0.15, -0.1) is 0 Å². The van der Waals surface area contributed by atoms with Gasteiger partial charge in [-0.25, -0.2) is 0 Å². The molecule has 3 aromatic carbocycles. The molecule has 0 saturated carbocycles. The third-order valence-electron chi connectivity index (χ3n) is 8.22. The van der Waals surface area contributed by atoms with Gasteiger partial charge in [0, 0.05) is 36.5 Å². The molecule has 1 aromatic heterocycles. The van der Waals surface area contributed by atoms with Crippen LogP contribution in [0.1, 0.15) is 29.5 Å². The lowest BCUT2D eigenvalue weighted by atomic mass is 10.0. The van der Waals surface area contributed by atoms with Crippen molar-refractivity contribution in [2.45, 2.75) is 56.3 Å². The van der Waals surface area contributed by atoms with E-state index in [1.165, 1.54) is 0 Å². The summed E-state index contributed by atoms with van der Waals surface area (Å²) in [5.41, 5.74) is 15.7. The van der Waals surface area contributed by atoms with Crippen LogP contribution in [-0.4, -0.2) is 68.4 Å². The number of para-hydroxylation sites is 1. The first kappa shape index (κ1) is 31.7. The fourth-order valence-electron chi connectivity index (χ4n) is 5.83. The number of thiocarbonyl (C=S) groups is 1. The normalized spacial score (nSPS) is 16.6. The van der Waals surface area contributed by atoms with Crippen LogP contribution in [0.15, 0.2) is 85.1 Å². The Hall–Kier alpha value is -4.74. The van der Waals surface area contributed by atoms with E-state index in [1.807, 2.05) is 65.7 Å². The van der Waals surface area contributed by atoms with E-state index in [9.17, 15) is 19.5 Å². The number of rotatable bonds is 12. The Balaban J connectivity index is 1.33. The zero-order chi connectivity index (χ0) is 31.9. The van der Waals surface area contributed by atoms with Crippen molar-refractivity contribution in [1.29, 1.82) is 0 Å². The smallest absolute Gasteiger partial charge is 0.243 e. The van der Waals surface area contributed by atoms with Gasteiger partial charge >= 0.3 is 0 Å². The number of aromatic hydroxyl groups is 1. The van der Waals surface area contributed by atoms with Gasteiger partial charge in [0.05, 0.1) is 11.0 Å². The van der Waals surface area contributed by atoms with Gasteiger partial charge in [0.25, 0.3) is 0 Å². The minimum absolute atomic E-state index is 0.166. The van der Waals surface area contributed by atoms with E-state index < -0.39 is 36.0 Å². The molecule has 1 saturated heterocycles. The maximum atomic E-state index is 13.8. The second-order valence-electron chi connectivity index (χ2n) is 11.4. The van der Waals surface area contributed by atoms with Crippen molar-refractivity contribution < 1.29 is 19.5 Å². The molecule has 5 rings (SSSR count). The highest BCUT2D eigenvalue weighted by Crippen LogP contribution is 2.23. The van der Waals surface area contributed by atoms with Crippen LogP contribution < -0.4 is 22.1 Å². The number of phenolic OH excluding ortho intramolecular Hbond substituents is 1. The van der Waals surface area contributed by atoms with Crippen molar-refractivity contribution >= 4 is 45.8 Å². The molecule has 0 spiro atoms. The average Bonchev–Trinajstić information content (AvgIpc) is 3.69. The molecule has 4 aromatic rings. The summed E-state index contributed by atoms with van der Waals surface area (Å²) < 4.78 is 0. The lowest BCUT2D eigenvalue weighted by molar-refractivity contribution is -0.132. The van der Waals surface area contributed by atoms with Crippen LogP contribution in [0.4, 0.5) is 0 Å². The largest absolute Gasteiger partial charge is 0.508 e.